The third kappa shape index (κ3) is 1.95. The van der Waals surface area contributed by atoms with Crippen molar-refractivity contribution in [1.29, 1.82) is 0 Å². The van der Waals surface area contributed by atoms with Gasteiger partial charge in [-0.1, -0.05) is 24.3 Å². The van der Waals surface area contributed by atoms with Crippen LogP contribution in [0.25, 0.3) is 0 Å². The average Bonchev–Trinajstić information content (AvgIpc) is 2.74. The van der Waals surface area contributed by atoms with Crippen LogP contribution in [0.15, 0.2) is 55.1 Å². The van der Waals surface area contributed by atoms with E-state index in [9.17, 15) is 13.6 Å². The first kappa shape index (κ1) is 13.5. The lowest BCUT2D eigenvalue weighted by Gasteiger charge is -2.28. The summed E-state index contributed by atoms with van der Waals surface area (Å²) in [6, 6.07) is 10.0. The molecule has 0 amide bonds. The molecule has 0 aromatic heterocycles. The third-order valence-corrected chi connectivity index (χ3v) is 3.75. The summed E-state index contributed by atoms with van der Waals surface area (Å²) in [5.74, 6) is -1.32. The highest BCUT2D eigenvalue weighted by Crippen LogP contribution is 2.42. The van der Waals surface area contributed by atoms with Crippen molar-refractivity contribution >= 4 is 11.5 Å². The molecule has 4 heteroatoms. The Morgan fingerprint density at radius 2 is 1.95 bits per heavy atom. The zero-order valence-corrected chi connectivity index (χ0v) is 11.2. The Morgan fingerprint density at radius 1 is 1.19 bits per heavy atom. The number of hydrogen-bond acceptors (Lipinski definition) is 2. The molecule has 1 heterocycles. The van der Waals surface area contributed by atoms with Crippen LogP contribution in [-0.2, 0) is 5.54 Å². The number of rotatable bonds is 3. The minimum absolute atomic E-state index is 0.211. The standard InChI is InChI=1S/C17H13F2NO/c1-2-9-17(13-5-3-4-6-14(13)19)16(21)12-10-11(18)7-8-15(12)20-17/h2-8,10,20H,1,9H2. The first-order chi connectivity index (χ1) is 10.1. The molecule has 1 unspecified atom stereocenters. The Morgan fingerprint density at radius 3 is 2.67 bits per heavy atom. The molecule has 2 aromatic rings. The largest absolute Gasteiger partial charge is 0.368 e. The summed E-state index contributed by atoms with van der Waals surface area (Å²) in [6.07, 6.45) is 1.77. The Kier molecular flexibility index (Phi) is 3.09. The highest BCUT2D eigenvalue weighted by atomic mass is 19.1. The maximum Gasteiger partial charge on any atom is 0.195 e. The van der Waals surface area contributed by atoms with Crippen LogP contribution in [0.4, 0.5) is 14.5 Å². The zero-order chi connectivity index (χ0) is 15.0. The number of carbonyl (C=O) groups excluding carboxylic acids is 1. The van der Waals surface area contributed by atoms with Crippen molar-refractivity contribution in [3.05, 3.63) is 77.9 Å². The maximum atomic E-state index is 14.2. The summed E-state index contributed by atoms with van der Waals surface area (Å²) >= 11 is 0. The van der Waals surface area contributed by atoms with Crippen molar-refractivity contribution in [1.82, 2.24) is 0 Å². The van der Waals surface area contributed by atoms with Gasteiger partial charge in [0, 0.05) is 16.8 Å². The summed E-state index contributed by atoms with van der Waals surface area (Å²) < 4.78 is 27.6. The molecule has 0 saturated carbocycles. The van der Waals surface area contributed by atoms with Crippen molar-refractivity contribution < 1.29 is 13.6 Å². The molecule has 0 radical (unpaired) electrons. The summed E-state index contributed by atoms with van der Waals surface area (Å²) in [5, 5.41) is 3.06. The second-order valence-electron chi connectivity index (χ2n) is 5.02. The second-order valence-corrected chi connectivity index (χ2v) is 5.02. The Hall–Kier alpha value is -2.49. The van der Waals surface area contributed by atoms with Crippen molar-refractivity contribution in [3.8, 4) is 0 Å². The number of ketones is 1. The van der Waals surface area contributed by atoms with E-state index in [4.69, 9.17) is 0 Å². The molecule has 2 aromatic carbocycles. The number of nitrogens with one attached hydrogen (secondary N) is 1. The monoisotopic (exact) mass is 285 g/mol. The molecule has 0 bridgehead atoms. The molecule has 0 fully saturated rings. The molecular weight excluding hydrogens is 272 g/mol. The van der Waals surface area contributed by atoms with E-state index in [-0.39, 0.29) is 23.3 Å². The molecule has 1 N–H and O–H groups in total. The quantitative estimate of drug-likeness (QED) is 0.862. The number of carbonyl (C=O) groups is 1. The first-order valence-corrected chi connectivity index (χ1v) is 6.57. The molecule has 0 saturated heterocycles. The van der Waals surface area contributed by atoms with Crippen LogP contribution in [0.2, 0.25) is 0 Å². The zero-order valence-electron chi connectivity index (χ0n) is 11.2. The van der Waals surface area contributed by atoms with E-state index in [1.807, 2.05) is 0 Å². The highest BCUT2D eigenvalue weighted by Gasteiger charge is 2.47. The minimum atomic E-state index is -1.26. The fraction of sp³-hybridized carbons (Fsp3) is 0.118. The molecule has 106 valence electrons. The van der Waals surface area contributed by atoms with Gasteiger partial charge in [-0.15, -0.1) is 6.58 Å². The van der Waals surface area contributed by atoms with Gasteiger partial charge in [-0.05, 0) is 30.7 Å². The van der Waals surface area contributed by atoms with Gasteiger partial charge in [0.05, 0.1) is 0 Å². The van der Waals surface area contributed by atoms with Crippen molar-refractivity contribution in [2.45, 2.75) is 12.0 Å². The van der Waals surface area contributed by atoms with Gasteiger partial charge in [0.15, 0.2) is 5.78 Å². The smallest absolute Gasteiger partial charge is 0.195 e. The van der Waals surface area contributed by atoms with Crippen LogP contribution in [0.5, 0.6) is 0 Å². The van der Waals surface area contributed by atoms with Crippen molar-refractivity contribution in [3.63, 3.8) is 0 Å². The van der Waals surface area contributed by atoms with E-state index >= 15 is 0 Å². The number of Topliss-reactive ketones (excluding diaryl/α,β-unsaturated/α-hetero) is 1. The van der Waals surface area contributed by atoms with Crippen molar-refractivity contribution in [2.75, 3.05) is 5.32 Å². The molecular formula is C17H13F2NO. The molecule has 1 aliphatic rings. The highest BCUT2D eigenvalue weighted by molar-refractivity contribution is 6.13. The minimum Gasteiger partial charge on any atom is -0.368 e. The van der Waals surface area contributed by atoms with Gasteiger partial charge < -0.3 is 5.32 Å². The molecule has 0 spiro atoms. The SMILES string of the molecule is C=CCC1(c2ccccc2F)Nc2ccc(F)cc2C1=O. The fourth-order valence-corrected chi connectivity index (χ4v) is 2.80. The van der Waals surface area contributed by atoms with Crippen LogP contribution in [0, 0.1) is 11.6 Å². The number of benzene rings is 2. The lowest BCUT2D eigenvalue weighted by atomic mass is 9.82. The van der Waals surface area contributed by atoms with Crippen LogP contribution >= 0.6 is 0 Å². The van der Waals surface area contributed by atoms with Gasteiger partial charge in [-0.25, -0.2) is 8.78 Å². The van der Waals surface area contributed by atoms with E-state index < -0.39 is 17.2 Å². The van der Waals surface area contributed by atoms with Crippen molar-refractivity contribution in [2.24, 2.45) is 0 Å². The molecule has 21 heavy (non-hydrogen) atoms. The predicted octanol–water partition coefficient (Wildman–Crippen LogP) is 4.04. The molecule has 0 aliphatic carbocycles. The topological polar surface area (TPSA) is 29.1 Å². The second kappa shape index (κ2) is 4.81. The Labute approximate surface area is 121 Å². The number of hydrogen-bond donors (Lipinski definition) is 1. The molecule has 1 atom stereocenters. The summed E-state index contributed by atoms with van der Waals surface area (Å²) in [6.45, 7) is 3.65. The van der Waals surface area contributed by atoms with E-state index in [2.05, 4.69) is 11.9 Å². The predicted molar refractivity (Wildman–Crippen MR) is 77.2 cm³/mol. The molecule has 2 nitrogen and oxygen atoms in total. The van der Waals surface area contributed by atoms with Gasteiger partial charge >= 0.3 is 0 Å². The van der Waals surface area contributed by atoms with Crippen LogP contribution in [0.3, 0.4) is 0 Å². The summed E-state index contributed by atoms with van der Waals surface area (Å²) in [5.41, 5.74) is -0.276. The van der Waals surface area contributed by atoms with Crippen LogP contribution in [-0.4, -0.2) is 5.78 Å². The number of halogens is 2. The van der Waals surface area contributed by atoms with Crippen LogP contribution in [0.1, 0.15) is 22.3 Å². The van der Waals surface area contributed by atoms with Crippen LogP contribution < -0.4 is 5.32 Å². The van der Waals surface area contributed by atoms with Gasteiger partial charge in [0.25, 0.3) is 0 Å². The maximum absolute atomic E-state index is 14.2. The van der Waals surface area contributed by atoms with E-state index in [1.165, 1.54) is 24.3 Å². The lowest BCUT2D eigenvalue weighted by molar-refractivity contribution is 0.0915. The normalized spacial score (nSPS) is 20.0. The van der Waals surface area contributed by atoms with E-state index in [0.717, 1.165) is 0 Å². The van der Waals surface area contributed by atoms with E-state index in [0.29, 0.717) is 5.69 Å². The molecule has 1 aliphatic heterocycles. The van der Waals surface area contributed by atoms with Gasteiger partial charge in [0.2, 0.25) is 0 Å². The average molecular weight is 285 g/mol. The number of fused-ring (bicyclic) bond motifs is 1. The molecule has 3 rings (SSSR count). The van der Waals surface area contributed by atoms with E-state index in [1.54, 1.807) is 24.3 Å². The van der Waals surface area contributed by atoms with Gasteiger partial charge in [-0.2, -0.15) is 0 Å². The summed E-state index contributed by atoms with van der Waals surface area (Å²) in [7, 11) is 0. The Balaban J connectivity index is 2.20. The summed E-state index contributed by atoms with van der Waals surface area (Å²) in [4.78, 5) is 12.8. The lowest BCUT2D eigenvalue weighted by Crippen LogP contribution is -2.39. The number of anilines is 1. The Bertz CT molecular complexity index is 741. The fourth-order valence-electron chi connectivity index (χ4n) is 2.80. The van der Waals surface area contributed by atoms with Gasteiger partial charge in [0.1, 0.15) is 17.2 Å². The van der Waals surface area contributed by atoms with Gasteiger partial charge in [-0.3, -0.25) is 4.79 Å². The third-order valence-electron chi connectivity index (χ3n) is 3.75. The first-order valence-electron chi connectivity index (χ1n) is 6.57.